The summed E-state index contributed by atoms with van der Waals surface area (Å²) >= 11 is 0. The van der Waals surface area contributed by atoms with Crippen LogP contribution >= 0.6 is 0 Å². The lowest BCUT2D eigenvalue weighted by Crippen LogP contribution is -2.42. The van der Waals surface area contributed by atoms with Gasteiger partial charge in [0.15, 0.2) is 0 Å². The molecule has 2 N–H and O–H groups in total. The zero-order chi connectivity index (χ0) is 13.8. The fraction of sp³-hybridized carbons (Fsp3) is 0.647. The highest BCUT2D eigenvalue weighted by molar-refractivity contribution is 5.14. The predicted molar refractivity (Wildman–Crippen MR) is 81.5 cm³/mol. The molecule has 2 fully saturated rings. The molecule has 1 saturated carbocycles. The van der Waals surface area contributed by atoms with Gasteiger partial charge < -0.3 is 10.4 Å². The number of nitrogens with zero attached hydrogens (tertiary/aromatic N) is 1. The molecule has 110 valence electrons. The predicted octanol–water partition coefficient (Wildman–Crippen LogP) is 2.15. The van der Waals surface area contributed by atoms with Crippen molar-refractivity contribution in [2.75, 3.05) is 13.1 Å². The first-order valence-electron chi connectivity index (χ1n) is 8.00. The highest BCUT2D eigenvalue weighted by Gasteiger charge is 2.26. The maximum Gasteiger partial charge on any atom is 0.0541 e. The molecule has 1 unspecified atom stereocenters. The monoisotopic (exact) mass is 274 g/mol. The summed E-state index contributed by atoms with van der Waals surface area (Å²) in [5.74, 6) is 0. The highest BCUT2D eigenvalue weighted by atomic mass is 16.3. The number of aliphatic hydroxyl groups excluding tert-OH is 1. The van der Waals surface area contributed by atoms with Crippen molar-refractivity contribution in [2.24, 2.45) is 0 Å². The van der Waals surface area contributed by atoms with E-state index in [4.69, 9.17) is 0 Å². The van der Waals surface area contributed by atoms with Gasteiger partial charge in [0, 0.05) is 31.7 Å². The maximum atomic E-state index is 9.56. The molecule has 20 heavy (non-hydrogen) atoms. The van der Waals surface area contributed by atoms with Crippen LogP contribution in [0, 0.1) is 0 Å². The van der Waals surface area contributed by atoms with Crippen LogP contribution < -0.4 is 5.32 Å². The van der Waals surface area contributed by atoms with Gasteiger partial charge in [0.25, 0.3) is 0 Å². The van der Waals surface area contributed by atoms with Gasteiger partial charge in [-0.1, -0.05) is 30.3 Å². The van der Waals surface area contributed by atoms with Gasteiger partial charge in [-0.25, -0.2) is 0 Å². The molecular weight excluding hydrogens is 248 g/mol. The topological polar surface area (TPSA) is 35.5 Å². The first kappa shape index (κ1) is 14.1. The van der Waals surface area contributed by atoms with E-state index in [2.05, 4.69) is 40.5 Å². The van der Waals surface area contributed by atoms with E-state index in [0.717, 1.165) is 38.8 Å². The first-order chi connectivity index (χ1) is 9.79. The normalized spacial score (nSPS) is 31.6. The number of aliphatic hydroxyl groups is 1. The van der Waals surface area contributed by atoms with Gasteiger partial charge in [-0.3, -0.25) is 4.90 Å². The molecule has 1 heterocycles. The lowest BCUT2D eigenvalue weighted by molar-refractivity contribution is 0.114. The zero-order valence-corrected chi connectivity index (χ0v) is 12.2. The second-order valence-electron chi connectivity index (χ2n) is 6.38. The van der Waals surface area contributed by atoms with Crippen molar-refractivity contribution < 1.29 is 5.11 Å². The minimum Gasteiger partial charge on any atom is -0.393 e. The largest absolute Gasteiger partial charge is 0.393 e. The van der Waals surface area contributed by atoms with Crippen molar-refractivity contribution in [1.29, 1.82) is 0 Å². The minimum absolute atomic E-state index is 0.0498. The van der Waals surface area contributed by atoms with Crippen LogP contribution in [0.1, 0.15) is 37.7 Å². The summed E-state index contributed by atoms with van der Waals surface area (Å²) in [6, 6.07) is 12.0. The molecule has 1 atom stereocenters. The fourth-order valence-electron chi connectivity index (χ4n) is 3.53. The van der Waals surface area contributed by atoms with Crippen LogP contribution in [0.25, 0.3) is 0 Å². The van der Waals surface area contributed by atoms with Crippen LogP contribution in [0.5, 0.6) is 0 Å². The Kier molecular flexibility index (Phi) is 4.71. The summed E-state index contributed by atoms with van der Waals surface area (Å²) in [5, 5.41) is 13.4. The summed E-state index contributed by atoms with van der Waals surface area (Å²) in [6.07, 6.45) is 5.42. The van der Waals surface area contributed by atoms with E-state index >= 15 is 0 Å². The van der Waals surface area contributed by atoms with Gasteiger partial charge in [0.1, 0.15) is 0 Å². The Labute approximate surface area is 122 Å². The van der Waals surface area contributed by atoms with Gasteiger partial charge in [-0.15, -0.1) is 0 Å². The zero-order valence-electron chi connectivity index (χ0n) is 12.2. The lowest BCUT2D eigenvalue weighted by Gasteiger charge is -2.29. The van der Waals surface area contributed by atoms with Crippen LogP contribution in [-0.2, 0) is 6.54 Å². The summed E-state index contributed by atoms with van der Waals surface area (Å²) < 4.78 is 0. The van der Waals surface area contributed by atoms with Crippen molar-refractivity contribution in [2.45, 2.75) is 56.8 Å². The van der Waals surface area contributed by atoms with Crippen molar-refractivity contribution in [1.82, 2.24) is 10.2 Å². The lowest BCUT2D eigenvalue weighted by atomic mass is 9.92. The molecule has 1 aliphatic heterocycles. The number of rotatable bonds is 4. The van der Waals surface area contributed by atoms with E-state index < -0.39 is 0 Å². The Bertz CT molecular complexity index is 401. The smallest absolute Gasteiger partial charge is 0.0541 e. The molecule has 3 nitrogen and oxygen atoms in total. The average molecular weight is 274 g/mol. The van der Waals surface area contributed by atoms with Crippen molar-refractivity contribution in [3.63, 3.8) is 0 Å². The molecule has 0 bridgehead atoms. The molecule has 3 heteroatoms. The van der Waals surface area contributed by atoms with Crippen molar-refractivity contribution >= 4 is 0 Å². The third-order valence-electron chi connectivity index (χ3n) is 4.69. The van der Waals surface area contributed by atoms with E-state index in [-0.39, 0.29) is 6.10 Å². The Morgan fingerprint density at radius 3 is 2.50 bits per heavy atom. The number of hydrogen-bond donors (Lipinski definition) is 2. The van der Waals surface area contributed by atoms with Gasteiger partial charge in [-0.05, 0) is 37.7 Å². The summed E-state index contributed by atoms with van der Waals surface area (Å²) in [6.45, 7) is 3.43. The summed E-state index contributed by atoms with van der Waals surface area (Å²) in [5.41, 5.74) is 1.41. The van der Waals surface area contributed by atoms with Gasteiger partial charge in [0.05, 0.1) is 6.10 Å². The minimum atomic E-state index is -0.0498. The second-order valence-corrected chi connectivity index (χ2v) is 6.38. The highest BCUT2D eigenvalue weighted by Crippen LogP contribution is 2.21. The number of benzene rings is 1. The fourth-order valence-corrected chi connectivity index (χ4v) is 3.53. The van der Waals surface area contributed by atoms with E-state index in [0.29, 0.717) is 12.1 Å². The molecule has 3 rings (SSSR count). The first-order valence-corrected chi connectivity index (χ1v) is 8.00. The molecule has 1 saturated heterocycles. The molecule has 0 amide bonds. The number of hydrogen-bond acceptors (Lipinski definition) is 3. The molecule has 0 aromatic heterocycles. The molecule has 2 aliphatic rings. The van der Waals surface area contributed by atoms with Crippen LogP contribution in [-0.4, -0.2) is 41.3 Å². The van der Waals surface area contributed by atoms with Crippen LogP contribution in [0.4, 0.5) is 0 Å². The van der Waals surface area contributed by atoms with E-state index in [1.54, 1.807) is 0 Å². The number of likely N-dealkylation sites (tertiary alicyclic amines) is 1. The Balaban J connectivity index is 1.43. The van der Waals surface area contributed by atoms with Crippen LogP contribution in [0.3, 0.4) is 0 Å². The quantitative estimate of drug-likeness (QED) is 0.883. The summed E-state index contributed by atoms with van der Waals surface area (Å²) in [7, 11) is 0. The number of nitrogens with one attached hydrogen (secondary N) is 1. The average Bonchev–Trinajstić information content (AvgIpc) is 2.90. The molecular formula is C17H26N2O. The third kappa shape index (κ3) is 3.81. The van der Waals surface area contributed by atoms with Gasteiger partial charge >= 0.3 is 0 Å². The molecule has 0 spiro atoms. The standard InChI is InChI=1S/C17H26N2O/c20-17-8-6-15(7-9-17)18-16-10-11-19(13-16)12-14-4-2-1-3-5-14/h1-5,15-18,20H,6-13H2. The molecule has 1 aliphatic carbocycles. The second kappa shape index (κ2) is 6.70. The summed E-state index contributed by atoms with van der Waals surface area (Å²) in [4.78, 5) is 2.55. The van der Waals surface area contributed by atoms with Crippen molar-refractivity contribution in [3.05, 3.63) is 35.9 Å². The van der Waals surface area contributed by atoms with E-state index in [1.807, 2.05) is 0 Å². The Morgan fingerprint density at radius 1 is 1.00 bits per heavy atom. The van der Waals surface area contributed by atoms with E-state index in [9.17, 15) is 5.11 Å². The SMILES string of the molecule is OC1CCC(NC2CCN(Cc3ccccc3)C2)CC1. The van der Waals surface area contributed by atoms with Crippen LogP contribution in [0.15, 0.2) is 30.3 Å². The third-order valence-corrected chi connectivity index (χ3v) is 4.69. The van der Waals surface area contributed by atoms with E-state index in [1.165, 1.54) is 18.5 Å². The maximum absolute atomic E-state index is 9.56. The molecule has 1 aromatic carbocycles. The molecule has 1 aromatic rings. The van der Waals surface area contributed by atoms with Gasteiger partial charge in [-0.2, -0.15) is 0 Å². The van der Waals surface area contributed by atoms with Crippen LogP contribution in [0.2, 0.25) is 0 Å². The molecule has 0 radical (unpaired) electrons. The Morgan fingerprint density at radius 2 is 1.75 bits per heavy atom. The van der Waals surface area contributed by atoms with Gasteiger partial charge in [0.2, 0.25) is 0 Å². The Hall–Kier alpha value is -0.900. The van der Waals surface area contributed by atoms with Crippen molar-refractivity contribution in [3.8, 4) is 0 Å².